The number of thioether (sulfide) groups is 1. The Kier molecular flexibility index (Phi) is 6.27. The molecule has 0 bridgehead atoms. The van der Waals surface area contributed by atoms with Crippen molar-refractivity contribution in [3.63, 3.8) is 0 Å². The van der Waals surface area contributed by atoms with Gasteiger partial charge in [0.1, 0.15) is 0 Å². The fourth-order valence-electron chi connectivity index (χ4n) is 2.52. The molecule has 1 N–H and O–H groups in total. The first-order valence-electron chi connectivity index (χ1n) is 8.34. The van der Waals surface area contributed by atoms with Crippen LogP contribution in [0.3, 0.4) is 0 Å². The summed E-state index contributed by atoms with van der Waals surface area (Å²) in [5.74, 6) is 0.443. The van der Waals surface area contributed by atoms with Crippen molar-refractivity contribution in [1.29, 1.82) is 0 Å². The molecule has 3 rings (SSSR count). The van der Waals surface area contributed by atoms with Crippen LogP contribution in [0.25, 0.3) is 11.4 Å². The summed E-state index contributed by atoms with van der Waals surface area (Å²) >= 11 is 7.24. The van der Waals surface area contributed by atoms with E-state index in [-0.39, 0.29) is 28.1 Å². The summed E-state index contributed by atoms with van der Waals surface area (Å²) in [7, 11) is 0. The predicted molar refractivity (Wildman–Crippen MR) is 109 cm³/mol. The van der Waals surface area contributed by atoms with Crippen molar-refractivity contribution in [3.05, 3.63) is 63.7 Å². The van der Waals surface area contributed by atoms with Gasteiger partial charge in [0, 0.05) is 24.2 Å². The summed E-state index contributed by atoms with van der Waals surface area (Å²) in [4.78, 5) is 22.6. The maximum Gasteiger partial charge on any atom is 0.271 e. The highest BCUT2D eigenvalue weighted by Gasteiger charge is 2.16. The van der Waals surface area contributed by atoms with Gasteiger partial charge in [-0.3, -0.25) is 14.9 Å². The number of rotatable bonds is 7. The number of non-ortho nitro benzene ring substituents is 1. The van der Waals surface area contributed by atoms with E-state index in [2.05, 4.69) is 15.5 Å². The van der Waals surface area contributed by atoms with Gasteiger partial charge in [0.15, 0.2) is 11.0 Å². The van der Waals surface area contributed by atoms with E-state index in [9.17, 15) is 14.9 Å². The highest BCUT2D eigenvalue weighted by Crippen LogP contribution is 2.28. The Bertz CT molecular complexity index is 1010. The van der Waals surface area contributed by atoms with E-state index in [4.69, 9.17) is 11.6 Å². The number of carbonyl (C=O) groups excluding carboxylic acids is 1. The molecule has 0 saturated carbocycles. The van der Waals surface area contributed by atoms with Crippen LogP contribution in [0.5, 0.6) is 0 Å². The summed E-state index contributed by atoms with van der Waals surface area (Å²) < 4.78 is 1.92. The number of halogens is 1. The number of anilines is 1. The van der Waals surface area contributed by atoms with Crippen molar-refractivity contribution in [2.24, 2.45) is 0 Å². The average Bonchev–Trinajstić information content (AvgIpc) is 3.11. The van der Waals surface area contributed by atoms with Crippen LogP contribution in [0.2, 0.25) is 5.02 Å². The highest BCUT2D eigenvalue weighted by molar-refractivity contribution is 7.99. The van der Waals surface area contributed by atoms with E-state index in [1.807, 2.05) is 41.8 Å². The zero-order chi connectivity index (χ0) is 20.1. The Morgan fingerprint density at radius 2 is 2.00 bits per heavy atom. The van der Waals surface area contributed by atoms with E-state index in [0.717, 1.165) is 11.4 Å². The molecule has 0 aliphatic carbocycles. The SMILES string of the molecule is CCn1c(SCC(=O)Nc2cc([N+](=O)[O-])ccc2Cl)nnc1-c1ccccc1. The van der Waals surface area contributed by atoms with Gasteiger partial charge in [-0.1, -0.05) is 53.7 Å². The van der Waals surface area contributed by atoms with Gasteiger partial charge in [0.2, 0.25) is 5.91 Å². The van der Waals surface area contributed by atoms with Crippen molar-refractivity contribution in [1.82, 2.24) is 14.8 Å². The van der Waals surface area contributed by atoms with Gasteiger partial charge in [0.25, 0.3) is 5.69 Å². The van der Waals surface area contributed by atoms with Gasteiger partial charge < -0.3 is 9.88 Å². The third-order valence-electron chi connectivity index (χ3n) is 3.83. The Morgan fingerprint density at radius 1 is 1.25 bits per heavy atom. The Labute approximate surface area is 170 Å². The Hall–Kier alpha value is -2.91. The van der Waals surface area contributed by atoms with E-state index in [1.165, 1.54) is 30.0 Å². The Morgan fingerprint density at radius 3 is 2.68 bits per heavy atom. The fourth-order valence-corrected chi connectivity index (χ4v) is 3.49. The molecule has 3 aromatic rings. The average molecular weight is 418 g/mol. The summed E-state index contributed by atoms with van der Waals surface area (Å²) in [6, 6.07) is 13.6. The van der Waals surface area contributed by atoms with Gasteiger partial charge in [-0.05, 0) is 13.0 Å². The third-order valence-corrected chi connectivity index (χ3v) is 5.13. The summed E-state index contributed by atoms with van der Waals surface area (Å²) in [6.07, 6.45) is 0. The van der Waals surface area contributed by atoms with Crippen LogP contribution < -0.4 is 5.32 Å². The molecule has 28 heavy (non-hydrogen) atoms. The van der Waals surface area contributed by atoms with Crippen molar-refractivity contribution < 1.29 is 9.72 Å². The van der Waals surface area contributed by atoms with Gasteiger partial charge in [0.05, 0.1) is 21.4 Å². The largest absolute Gasteiger partial charge is 0.324 e. The minimum atomic E-state index is -0.546. The van der Waals surface area contributed by atoms with Crippen LogP contribution >= 0.6 is 23.4 Å². The second-order valence-electron chi connectivity index (χ2n) is 5.67. The quantitative estimate of drug-likeness (QED) is 0.350. The number of nitro groups is 1. The molecule has 0 aliphatic rings. The van der Waals surface area contributed by atoms with E-state index in [0.29, 0.717) is 11.7 Å². The second kappa shape index (κ2) is 8.85. The van der Waals surface area contributed by atoms with Crippen LogP contribution in [0, 0.1) is 10.1 Å². The van der Waals surface area contributed by atoms with E-state index >= 15 is 0 Å². The molecular formula is C18H16ClN5O3S. The van der Waals surface area contributed by atoms with Crippen LogP contribution in [0.4, 0.5) is 11.4 Å². The normalized spacial score (nSPS) is 10.6. The zero-order valence-corrected chi connectivity index (χ0v) is 16.4. The number of hydrogen-bond acceptors (Lipinski definition) is 6. The molecule has 0 saturated heterocycles. The zero-order valence-electron chi connectivity index (χ0n) is 14.8. The van der Waals surface area contributed by atoms with E-state index < -0.39 is 4.92 Å². The lowest BCUT2D eigenvalue weighted by atomic mass is 10.2. The number of nitro benzene ring substituents is 1. The maximum absolute atomic E-state index is 12.3. The number of carbonyl (C=O) groups is 1. The second-order valence-corrected chi connectivity index (χ2v) is 7.02. The topological polar surface area (TPSA) is 103 Å². The fraction of sp³-hybridized carbons (Fsp3) is 0.167. The third kappa shape index (κ3) is 4.49. The Balaban J connectivity index is 1.70. The van der Waals surface area contributed by atoms with Crippen LogP contribution in [0.15, 0.2) is 53.7 Å². The lowest BCUT2D eigenvalue weighted by molar-refractivity contribution is -0.384. The van der Waals surface area contributed by atoms with Crippen LogP contribution in [-0.4, -0.2) is 31.3 Å². The van der Waals surface area contributed by atoms with Gasteiger partial charge in [-0.15, -0.1) is 10.2 Å². The maximum atomic E-state index is 12.3. The number of hydrogen-bond donors (Lipinski definition) is 1. The van der Waals surface area contributed by atoms with Crippen LogP contribution in [0.1, 0.15) is 6.92 Å². The molecule has 0 atom stereocenters. The summed E-state index contributed by atoms with van der Waals surface area (Å²) in [5, 5.41) is 22.7. The number of nitrogens with one attached hydrogen (secondary N) is 1. The number of amides is 1. The molecule has 2 aromatic carbocycles. The molecule has 10 heteroatoms. The molecule has 0 radical (unpaired) electrons. The molecule has 144 valence electrons. The summed E-state index contributed by atoms with van der Waals surface area (Å²) in [6.45, 7) is 2.63. The lowest BCUT2D eigenvalue weighted by Crippen LogP contribution is -2.15. The molecule has 1 aromatic heterocycles. The van der Waals surface area contributed by atoms with Crippen molar-refractivity contribution >= 4 is 40.6 Å². The molecular weight excluding hydrogens is 402 g/mol. The van der Waals surface area contributed by atoms with Crippen molar-refractivity contribution in [2.75, 3.05) is 11.1 Å². The first kappa shape index (κ1) is 19.8. The molecule has 0 fully saturated rings. The van der Waals surface area contributed by atoms with Crippen LogP contribution in [-0.2, 0) is 11.3 Å². The molecule has 0 spiro atoms. The lowest BCUT2D eigenvalue weighted by Gasteiger charge is -2.08. The van der Waals surface area contributed by atoms with Crippen molar-refractivity contribution in [3.8, 4) is 11.4 Å². The first-order valence-corrected chi connectivity index (χ1v) is 9.71. The molecule has 8 nitrogen and oxygen atoms in total. The van der Waals surface area contributed by atoms with Gasteiger partial charge in [-0.2, -0.15) is 0 Å². The monoisotopic (exact) mass is 417 g/mol. The predicted octanol–water partition coefficient (Wildman–Crippen LogP) is 4.26. The first-order chi connectivity index (χ1) is 13.5. The number of benzene rings is 2. The standard InChI is InChI=1S/C18H16ClN5O3S/c1-2-23-17(12-6-4-3-5-7-12)21-22-18(23)28-11-16(25)20-15-10-13(24(26)27)8-9-14(15)19/h3-10H,2,11H2,1H3,(H,20,25). The number of nitrogens with zero attached hydrogens (tertiary/aromatic N) is 4. The number of aromatic nitrogens is 3. The minimum absolute atomic E-state index is 0.0615. The molecule has 0 unspecified atom stereocenters. The molecule has 1 amide bonds. The van der Waals surface area contributed by atoms with Gasteiger partial charge in [-0.25, -0.2) is 0 Å². The molecule has 1 heterocycles. The smallest absolute Gasteiger partial charge is 0.271 e. The van der Waals surface area contributed by atoms with Crippen molar-refractivity contribution in [2.45, 2.75) is 18.6 Å². The minimum Gasteiger partial charge on any atom is -0.324 e. The summed E-state index contributed by atoms with van der Waals surface area (Å²) in [5.41, 5.74) is 0.991. The highest BCUT2D eigenvalue weighted by atomic mass is 35.5. The van der Waals surface area contributed by atoms with Gasteiger partial charge >= 0.3 is 0 Å². The van der Waals surface area contributed by atoms with E-state index in [1.54, 1.807) is 0 Å². The molecule has 0 aliphatic heterocycles.